The van der Waals surface area contributed by atoms with Gasteiger partial charge in [0.05, 0.1) is 28.1 Å². The Hall–Kier alpha value is -1.14. The van der Waals surface area contributed by atoms with Crippen LogP contribution in [0, 0.1) is 0 Å². The molecule has 0 amide bonds. The van der Waals surface area contributed by atoms with Gasteiger partial charge < -0.3 is 5.32 Å². The van der Waals surface area contributed by atoms with Gasteiger partial charge in [0.2, 0.25) is 0 Å². The minimum atomic E-state index is 0.0953. The van der Waals surface area contributed by atoms with Crippen molar-refractivity contribution >= 4 is 15.9 Å². The van der Waals surface area contributed by atoms with Crippen LogP contribution in [-0.4, -0.2) is 26.1 Å². The van der Waals surface area contributed by atoms with E-state index in [1.807, 2.05) is 17.9 Å². The Balaban J connectivity index is 2.56. The molecule has 21 heavy (non-hydrogen) atoms. The van der Waals surface area contributed by atoms with Crippen molar-refractivity contribution in [2.45, 2.75) is 46.2 Å². The maximum absolute atomic E-state index is 4.58. The van der Waals surface area contributed by atoms with E-state index in [4.69, 9.17) is 0 Å². The lowest BCUT2D eigenvalue weighted by Gasteiger charge is -2.22. The van der Waals surface area contributed by atoms with E-state index in [9.17, 15) is 0 Å². The summed E-state index contributed by atoms with van der Waals surface area (Å²) in [5.74, 6) is 0. The zero-order valence-corrected chi connectivity index (χ0v) is 15.0. The van der Waals surface area contributed by atoms with Crippen LogP contribution in [0.25, 0.3) is 0 Å². The van der Waals surface area contributed by atoms with E-state index in [0.717, 1.165) is 28.8 Å². The van der Waals surface area contributed by atoms with Gasteiger partial charge in [0.15, 0.2) is 0 Å². The van der Waals surface area contributed by atoms with Crippen molar-refractivity contribution in [2.24, 2.45) is 7.05 Å². The lowest BCUT2D eigenvalue weighted by Crippen LogP contribution is -2.26. The highest BCUT2D eigenvalue weighted by atomic mass is 79.9. The number of aryl methyl sites for hydroxylation is 2. The molecule has 0 spiro atoms. The molecule has 0 aliphatic carbocycles. The van der Waals surface area contributed by atoms with Crippen LogP contribution in [-0.2, 0) is 13.5 Å². The summed E-state index contributed by atoms with van der Waals surface area (Å²) in [6.45, 7) is 9.45. The number of hydrogen-bond donors (Lipinski definition) is 1. The van der Waals surface area contributed by atoms with Crippen molar-refractivity contribution in [2.75, 3.05) is 6.54 Å². The molecular formula is C15H24BrN5. The van der Waals surface area contributed by atoms with E-state index in [1.54, 1.807) is 0 Å². The molecule has 1 atom stereocenters. The fourth-order valence-corrected chi connectivity index (χ4v) is 3.16. The highest BCUT2D eigenvalue weighted by Gasteiger charge is 2.25. The van der Waals surface area contributed by atoms with Crippen LogP contribution < -0.4 is 5.32 Å². The molecule has 0 fully saturated rings. The Labute approximate surface area is 134 Å². The normalized spacial score (nSPS) is 13.1. The van der Waals surface area contributed by atoms with E-state index in [-0.39, 0.29) is 6.04 Å². The molecule has 1 N–H and O–H groups in total. The molecule has 0 radical (unpaired) electrons. The van der Waals surface area contributed by atoms with Gasteiger partial charge >= 0.3 is 0 Å². The Morgan fingerprint density at radius 3 is 2.62 bits per heavy atom. The summed E-state index contributed by atoms with van der Waals surface area (Å²) in [5.41, 5.74) is 3.52. The van der Waals surface area contributed by atoms with Crippen LogP contribution in [0.3, 0.4) is 0 Å². The summed E-state index contributed by atoms with van der Waals surface area (Å²) in [5, 5.41) is 12.7. The van der Waals surface area contributed by atoms with Gasteiger partial charge in [0, 0.05) is 24.8 Å². The SMILES string of the molecule is CCNC(c1cn(C)nc1CC)c1c(Br)cnn1C(C)C. The molecule has 2 heterocycles. The second kappa shape index (κ2) is 6.75. The second-order valence-electron chi connectivity index (χ2n) is 5.47. The van der Waals surface area contributed by atoms with Crippen LogP contribution >= 0.6 is 15.9 Å². The van der Waals surface area contributed by atoms with Crippen LogP contribution in [0.2, 0.25) is 0 Å². The number of nitrogens with one attached hydrogen (secondary N) is 1. The highest BCUT2D eigenvalue weighted by Crippen LogP contribution is 2.32. The molecule has 0 saturated heterocycles. The lowest BCUT2D eigenvalue weighted by molar-refractivity contribution is 0.474. The minimum absolute atomic E-state index is 0.0953. The van der Waals surface area contributed by atoms with Gasteiger partial charge in [-0.25, -0.2) is 0 Å². The summed E-state index contributed by atoms with van der Waals surface area (Å²) in [6.07, 6.45) is 4.91. The van der Waals surface area contributed by atoms with Gasteiger partial charge in [0.25, 0.3) is 0 Å². The predicted molar refractivity (Wildman–Crippen MR) is 88.4 cm³/mol. The summed E-state index contributed by atoms with van der Waals surface area (Å²) >= 11 is 3.66. The smallest absolute Gasteiger partial charge is 0.0793 e. The number of aromatic nitrogens is 4. The molecule has 5 nitrogen and oxygen atoms in total. The molecule has 0 aliphatic rings. The Kier molecular flexibility index (Phi) is 5.22. The summed E-state index contributed by atoms with van der Waals surface area (Å²) in [4.78, 5) is 0. The van der Waals surface area contributed by atoms with E-state index >= 15 is 0 Å². The van der Waals surface area contributed by atoms with E-state index in [1.165, 1.54) is 5.56 Å². The molecule has 0 aromatic carbocycles. The molecule has 0 aliphatic heterocycles. The first-order chi connectivity index (χ1) is 9.99. The van der Waals surface area contributed by atoms with Gasteiger partial charge in [-0.05, 0) is 42.7 Å². The average molecular weight is 354 g/mol. The topological polar surface area (TPSA) is 47.7 Å². The number of hydrogen-bond acceptors (Lipinski definition) is 3. The maximum atomic E-state index is 4.58. The molecule has 2 aromatic heterocycles. The van der Waals surface area contributed by atoms with Crippen molar-refractivity contribution in [3.8, 4) is 0 Å². The fraction of sp³-hybridized carbons (Fsp3) is 0.600. The number of halogens is 1. The van der Waals surface area contributed by atoms with Crippen molar-refractivity contribution in [3.05, 3.63) is 33.8 Å². The molecule has 116 valence electrons. The van der Waals surface area contributed by atoms with Crippen LogP contribution in [0.4, 0.5) is 0 Å². The Bertz CT molecular complexity index is 599. The van der Waals surface area contributed by atoms with E-state index in [2.05, 4.69) is 70.0 Å². The van der Waals surface area contributed by atoms with Gasteiger partial charge in [-0.3, -0.25) is 9.36 Å². The van der Waals surface area contributed by atoms with Gasteiger partial charge in [-0.1, -0.05) is 13.8 Å². The van der Waals surface area contributed by atoms with Gasteiger partial charge in [0.1, 0.15) is 0 Å². The van der Waals surface area contributed by atoms with Crippen molar-refractivity contribution in [3.63, 3.8) is 0 Å². The quantitative estimate of drug-likeness (QED) is 0.867. The first kappa shape index (κ1) is 16.2. The van der Waals surface area contributed by atoms with E-state index < -0.39 is 0 Å². The largest absolute Gasteiger partial charge is 0.305 e. The third-order valence-corrected chi connectivity index (χ3v) is 4.15. The standard InChI is InChI=1S/C15H24BrN5/c1-6-13-11(9-20(5)19-13)14(17-7-2)15-12(16)8-18-21(15)10(3)4/h8-10,14,17H,6-7H2,1-5H3. The molecule has 6 heteroatoms. The average Bonchev–Trinajstić information content (AvgIpc) is 2.99. The minimum Gasteiger partial charge on any atom is -0.305 e. The second-order valence-corrected chi connectivity index (χ2v) is 6.32. The fourth-order valence-electron chi connectivity index (χ4n) is 2.66. The number of nitrogens with zero attached hydrogens (tertiary/aromatic N) is 4. The summed E-state index contributed by atoms with van der Waals surface area (Å²) < 4.78 is 5.00. The third kappa shape index (κ3) is 3.21. The molecule has 1 unspecified atom stereocenters. The molecule has 0 bridgehead atoms. The zero-order chi connectivity index (χ0) is 15.6. The van der Waals surface area contributed by atoms with Crippen LogP contribution in [0.1, 0.15) is 56.7 Å². The third-order valence-electron chi connectivity index (χ3n) is 3.54. The van der Waals surface area contributed by atoms with Gasteiger partial charge in [-0.2, -0.15) is 10.2 Å². The van der Waals surface area contributed by atoms with Crippen molar-refractivity contribution < 1.29 is 0 Å². The first-order valence-electron chi connectivity index (χ1n) is 7.48. The summed E-state index contributed by atoms with van der Waals surface area (Å²) in [6, 6.07) is 0.409. The predicted octanol–water partition coefficient (Wildman–Crippen LogP) is 3.22. The van der Waals surface area contributed by atoms with Crippen LogP contribution in [0.5, 0.6) is 0 Å². The maximum Gasteiger partial charge on any atom is 0.0793 e. The molecular weight excluding hydrogens is 330 g/mol. The highest BCUT2D eigenvalue weighted by molar-refractivity contribution is 9.10. The molecule has 2 aromatic rings. The Morgan fingerprint density at radius 1 is 1.33 bits per heavy atom. The summed E-state index contributed by atoms with van der Waals surface area (Å²) in [7, 11) is 1.97. The first-order valence-corrected chi connectivity index (χ1v) is 8.27. The lowest BCUT2D eigenvalue weighted by atomic mass is 10.0. The van der Waals surface area contributed by atoms with Crippen LogP contribution in [0.15, 0.2) is 16.9 Å². The van der Waals surface area contributed by atoms with Crippen molar-refractivity contribution in [1.29, 1.82) is 0 Å². The molecule has 0 saturated carbocycles. The zero-order valence-electron chi connectivity index (χ0n) is 13.4. The van der Waals surface area contributed by atoms with E-state index in [0.29, 0.717) is 6.04 Å². The monoisotopic (exact) mass is 353 g/mol. The molecule has 2 rings (SSSR count). The van der Waals surface area contributed by atoms with Gasteiger partial charge in [-0.15, -0.1) is 0 Å². The number of rotatable bonds is 6. The van der Waals surface area contributed by atoms with Crippen molar-refractivity contribution in [1.82, 2.24) is 24.9 Å². The Morgan fingerprint density at radius 2 is 2.05 bits per heavy atom.